The molecule has 25 heavy (non-hydrogen) atoms. The van der Waals surface area contributed by atoms with Crippen molar-refractivity contribution < 1.29 is 9.53 Å². The van der Waals surface area contributed by atoms with E-state index < -0.39 is 0 Å². The van der Waals surface area contributed by atoms with Gasteiger partial charge in [-0.2, -0.15) is 0 Å². The van der Waals surface area contributed by atoms with E-state index in [1.807, 2.05) is 0 Å². The summed E-state index contributed by atoms with van der Waals surface area (Å²) in [6, 6.07) is 0. The van der Waals surface area contributed by atoms with Crippen molar-refractivity contribution in [2.45, 2.75) is 103 Å². The Labute approximate surface area is 157 Å². The molecular weight excluding hydrogens is 310 g/mol. The number of carbonyl (C=O) groups excluding carboxylic acids is 1. The maximum Gasteiger partial charge on any atom is 0.306 e. The zero-order valence-corrected chi connectivity index (χ0v) is 17.4. The van der Waals surface area contributed by atoms with Gasteiger partial charge in [-0.15, -0.1) is 0 Å². The lowest BCUT2D eigenvalue weighted by Gasteiger charge is -2.19. The fourth-order valence-corrected chi connectivity index (χ4v) is 2.89. The number of allylic oxidation sites excluding steroid dienone is 2. The summed E-state index contributed by atoms with van der Waals surface area (Å²) in [6.45, 7) is 5.50. The fourth-order valence-electron chi connectivity index (χ4n) is 2.89. The Hall–Kier alpha value is -0.830. The Morgan fingerprint density at radius 2 is 1.52 bits per heavy atom. The number of hydrogen-bond donors (Lipinski definition) is 0. The van der Waals surface area contributed by atoms with E-state index in [1.165, 1.54) is 44.9 Å². The molecule has 0 spiro atoms. The van der Waals surface area contributed by atoms with Gasteiger partial charge in [0.15, 0.2) is 0 Å². The Balaban J connectivity index is 4.02. The first-order chi connectivity index (χ1) is 12.1. The molecule has 0 rings (SSSR count). The molecule has 0 amide bonds. The maximum atomic E-state index is 12.1. The van der Waals surface area contributed by atoms with Gasteiger partial charge in [-0.25, -0.2) is 0 Å². The summed E-state index contributed by atoms with van der Waals surface area (Å²) < 4.78 is 5.77. The molecule has 0 aromatic rings. The molecule has 0 bridgehead atoms. The summed E-state index contributed by atoms with van der Waals surface area (Å²) in [5.41, 5.74) is 0. The fraction of sp³-hybridized carbons (Fsp3) is 0.864. The van der Waals surface area contributed by atoms with E-state index in [1.54, 1.807) is 0 Å². The van der Waals surface area contributed by atoms with Crippen LogP contribution in [-0.4, -0.2) is 37.6 Å². The van der Waals surface area contributed by atoms with E-state index in [2.05, 4.69) is 45.0 Å². The average molecular weight is 354 g/mol. The Morgan fingerprint density at radius 3 is 2.20 bits per heavy atom. The van der Waals surface area contributed by atoms with Crippen LogP contribution in [0.2, 0.25) is 0 Å². The Bertz CT molecular complexity index is 326. The minimum Gasteiger partial charge on any atom is -0.462 e. The van der Waals surface area contributed by atoms with E-state index in [-0.39, 0.29) is 12.1 Å². The van der Waals surface area contributed by atoms with Crippen molar-refractivity contribution in [3.8, 4) is 0 Å². The number of rotatable bonds is 17. The van der Waals surface area contributed by atoms with Gasteiger partial charge in [-0.3, -0.25) is 4.79 Å². The van der Waals surface area contributed by atoms with E-state index in [0.717, 1.165) is 38.6 Å². The number of esters is 1. The highest BCUT2D eigenvalue weighted by molar-refractivity contribution is 5.69. The van der Waals surface area contributed by atoms with Gasteiger partial charge in [0.1, 0.15) is 6.10 Å². The Kier molecular flexibility index (Phi) is 17.4. The third-order valence-electron chi connectivity index (χ3n) is 4.47. The minimum absolute atomic E-state index is 0.0245. The van der Waals surface area contributed by atoms with E-state index in [4.69, 9.17) is 4.74 Å². The first-order valence-corrected chi connectivity index (χ1v) is 10.6. The molecular formula is C22H43NO2. The molecule has 0 unspecified atom stereocenters. The lowest BCUT2D eigenvalue weighted by atomic mass is 10.1. The largest absolute Gasteiger partial charge is 0.462 e. The predicted octanol–water partition coefficient (Wildman–Crippen LogP) is 6.13. The quantitative estimate of drug-likeness (QED) is 0.179. The molecule has 0 aliphatic rings. The summed E-state index contributed by atoms with van der Waals surface area (Å²) in [5.74, 6) is -0.0245. The predicted molar refractivity (Wildman–Crippen MR) is 109 cm³/mol. The number of hydrogen-bond acceptors (Lipinski definition) is 3. The molecule has 0 aromatic carbocycles. The number of unbranched alkanes of at least 4 members (excludes halogenated alkanes) is 6. The van der Waals surface area contributed by atoms with Gasteiger partial charge in [0.05, 0.1) is 0 Å². The summed E-state index contributed by atoms with van der Waals surface area (Å²) >= 11 is 0. The zero-order valence-electron chi connectivity index (χ0n) is 17.4. The van der Waals surface area contributed by atoms with E-state index in [0.29, 0.717) is 6.42 Å². The topological polar surface area (TPSA) is 29.5 Å². The molecule has 1 atom stereocenters. The highest BCUT2D eigenvalue weighted by Gasteiger charge is 2.14. The van der Waals surface area contributed by atoms with Crippen LogP contribution in [0.25, 0.3) is 0 Å². The number of carbonyl (C=O) groups is 1. The standard InChI is InChI=1S/C22H43NO2/c1-5-7-9-11-12-13-15-19-22(24)25-21(17-14-10-8-6-2)18-16-20-23(3)4/h12-13,21H,5-11,14-20H2,1-4H3/b13-12-/t21-/m0/s1. The van der Waals surface area contributed by atoms with Gasteiger partial charge in [-0.1, -0.05) is 58.1 Å². The van der Waals surface area contributed by atoms with Crippen molar-refractivity contribution in [3.05, 3.63) is 12.2 Å². The molecule has 148 valence electrons. The highest BCUT2D eigenvalue weighted by Crippen LogP contribution is 2.15. The second-order valence-corrected chi connectivity index (χ2v) is 7.41. The Morgan fingerprint density at radius 1 is 0.880 bits per heavy atom. The summed E-state index contributed by atoms with van der Waals surface area (Å²) in [7, 11) is 4.18. The molecule has 3 heteroatoms. The van der Waals surface area contributed by atoms with Crippen LogP contribution in [0, 0.1) is 0 Å². The van der Waals surface area contributed by atoms with Crippen LogP contribution in [0.5, 0.6) is 0 Å². The second kappa shape index (κ2) is 18.0. The lowest BCUT2D eigenvalue weighted by molar-refractivity contribution is -0.149. The molecule has 0 N–H and O–H groups in total. The van der Waals surface area contributed by atoms with Gasteiger partial charge < -0.3 is 9.64 Å². The normalized spacial score (nSPS) is 12.8. The van der Waals surface area contributed by atoms with Gasteiger partial charge in [0, 0.05) is 6.42 Å². The maximum absolute atomic E-state index is 12.1. The molecule has 0 heterocycles. The van der Waals surface area contributed by atoms with Gasteiger partial charge in [-0.05, 0) is 65.6 Å². The first kappa shape index (κ1) is 24.2. The molecule has 0 aromatic heterocycles. The lowest BCUT2D eigenvalue weighted by Crippen LogP contribution is -2.21. The van der Waals surface area contributed by atoms with E-state index in [9.17, 15) is 4.79 Å². The van der Waals surface area contributed by atoms with Crippen LogP contribution in [0.15, 0.2) is 12.2 Å². The summed E-state index contributed by atoms with van der Waals surface area (Å²) in [4.78, 5) is 14.3. The average Bonchev–Trinajstić information content (AvgIpc) is 2.57. The van der Waals surface area contributed by atoms with Gasteiger partial charge >= 0.3 is 5.97 Å². The second-order valence-electron chi connectivity index (χ2n) is 7.41. The molecule has 0 fully saturated rings. The van der Waals surface area contributed by atoms with Crippen molar-refractivity contribution in [2.75, 3.05) is 20.6 Å². The molecule has 0 saturated carbocycles. The van der Waals surface area contributed by atoms with Crippen molar-refractivity contribution in [1.29, 1.82) is 0 Å². The van der Waals surface area contributed by atoms with Crippen LogP contribution < -0.4 is 0 Å². The summed E-state index contributed by atoms with van der Waals surface area (Å²) in [5, 5.41) is 0. The van der Waals surface area contributed by atoms with Crippen LogP contribution >= 0.6 is 0 Å². The van der Waals surface area contributed by atoms with Crippen molar-refractivity contribution in [2.24, 2.45) is 0 Å². The molecule has 0 aliphatic heterocycles. The monoisotopic (exact) mass is 353 g/mol. The molecule has 0 saturated heterocycles. The van der Waals surface area contributed by atoms with Crippen molar-refractivity contribution >= 4 is 5.97 Å². The van der Waals surface area contributed by atoms with E-state index >= 15 is 0 Å². The van der Waals surface area contributed by atoms with Gasteiger partial charge in [0.25, 0.3) is 0 Å². The highest BCUT2D eigenvalue weighted by atomic mass is 16.5. The number of nitrogens with zero attached hydrogens (tertiary/aromatic N) is 1. The van der Waals surface area contributed by atoms with Crippen molar-refractivity contribution in [1.82, 2.24) is 4.90 Å². The summed E-state index contributed by atoms with van der Waals surface area (Å²) in [6.07, 6.45) is 18.8. The van der Waals surface area contributed by atoms with Crippen LogP contribution in [0.1, 0.15) is 97.3 Å². The van der Waals surface area contributed by atoms with Gasteiger partial charge in [0.2, 0.25) is 0 Å². The SMILES string of the molecule is CCCCC/C=C\CCC(=O)O[C@@H](CCCCCC)CCCN(C)C. The van der Waals surface area contributed by atoms with Crippen LogP contribution in [0.4, 0.5) is 0 Å². The first-order valence-electron chi connectivity index (χ1n) is 10.6. The number of ether oxygens (including phenoxy) is 1. The molecule has 0 aliphatic carbocycles. The minimum atomic E-state index is -0.0245. The third kappa shape index (κ3) is 17.8. The molecule has 3 nitrogen and oxygen atoms in total. The third-order valence-corrected chi connectivity index (χ3v) is 4.47. The van der Waals surface area contributed by atoms with Crippen LogP contribution in [-0.2, 0) is 9.53 Å². The zero-order chi connectivity index (χ0) is 18.8. The van der Waals surface area contributed by atoms with Crippen LogP contribution in [0.3, 0.4) is 0 Å². The van der Waals surface area contributed by atoms with Crippen molar-refractivity contribution in [3.63, 3.8) is 0 Å². The molecule has 0 radical (unpaired) electrons. The smallest absolute Gasteiger partial charge is 0.306 e.